The van der Waals surface area contributed by atoms with E-state index in [0.29, 0.717) is 17.9 Å². The average Bonchev–Trinajstić information content (AvgIpc) is 3.35. The lowest BCUT2D eigenvalue weighted by Crippen LogP contribution is -2.19. The largest absolute Gasteiger partial charge is 0.418 e. The van der Waals surface area contributed by atoms with Gasteiger partial charge in [-0.2, -0.15) is 13.2 Å². The summed E-state index contributed by atoms with van der Waals surface area (Å²) in [4.78, 5) is 23.8. The highest BCUT2D eigenvalue weighted by molar-refractivity contribution is 5.76. The van der Waals surface area contributed by atoms with Crippen LogP contribution in [0.5, 0.6) is 0 Å². The Hall–Kier alpha value is -3.69. The molecule has 1 aromatic carbocycles. The molecule has 3 aromatic heterocycles. The Kier molecular flexibility index (Phi) is 8.26. The summed E-state index contributed by atoms with van der Waals surface area (Å²) in [5.74, 6) is 0.700. The number of aromatic nitrogens is 5. The first-order chi connectivity index (χ1) is 16.8. The lowest BCUT2D eigenvalue weighted by molar-refractivity contribution is -0.136. The molecule has 35 heavy (non-hydrogen) atoms. The van der Waals surface area contributed by atoms with Crippen LogP contribution in [-0.4, -0.2) is 30.0 Å². The number of aryl methyl sites for hydroxylation is 1. The summed E-state index contributed by atoms with van der Waals surface area (Å²) in [5, 5.41) is 7.82. The molecular weight excluding hydrogens is 459 g/mol. The summed E-state index contributed by atoms with van der Waals surface area (Å²) in [7, 11) is 1.80. The summed E-state index contributed by atoms with van der Waals surface area (Å²) in [6.07, 6.45) is 5.79. The molecule has 3 heterocycles. The van der Waals surface area contributed by atoms with Crippen LogP contribution in [0.1, 0.15) is 66.8 Å². The van der Waals surface area contributed by atoms with Crippen LogP contribution in [0.15, 0.2) is 53.8 Å². The molecule has 0 saturated heterocycles. The lowest BCUT2D eigenvalue weighted by Gasteiger charge is -2.08. The zero-order valence-electron chi connectivity index (χ0n) is 19.9. The smallest absolute Gasteiger partial charge is 0.320 e. The molecule has 0 amide bonds. The third-order valence-corrected chi connectivity index (χ3v) is 5.59. The summed E-state index contributed by atoms with van der Waals surface area (Å²) in [6.45, 7) is 4.00. The number of alkyl halides is 3. The third kappa shape index (κ3) is 5.87. The summed E-state index contributed by atoms with van der Waals surface area (Å²) < 4.78 is 44.0. The minimum atomic E-state index is -4.71. The van der Waals surface area contributed by atoms with Crippen LogP contribution in [0.25, 0.3) is 11.2 Å². The normalized spacial score (nSPS) is 12.7. The minimum Gasteiger partial charge on any atom is -0.320 e. The number of benzene rings is 1. The van der Waals surface area contributed by atoms with Crippen LogP contribution in [0.2, 0.25) is 0 Å². The van der Waals surface area contributed by atoms with Crippen LogP contribution in [0, 0.1) is 0 Å². The number of carbonyl (C=O) groups excluding carboxylic acids is 1. The molecule has 1 aliphatic rings. The van der Waals surface area contributed by atoms with Gasteiger partial charge in [0.25, 0.3) is 0 Å². The van der Waals surface area contributed by atoms with E-state index in [2.05, 4.69) is 10.2 Å². The highest BCUT2D eigenvalue weighted by atomic mass is 19.4. The van der Waals surface area contributed by atoms with Gasteiger partial charge in [0.05, 0.1) is 16.8 Å². The zero-order valence-corrected chi connectivity index (χ0v) is 19.9. The Balaban J connectivity index is 0.000000508. The Morgan fingerprint density at radius 3 is 2.29 bits per heavy atom. The molecule has 1 fully saturated rings. The van der Waals surface area contributed by atoms with E-state index in [1.807, 2.05) is 19.9 Å². The topological polar surface area (TPSA) is 74.2 Å². The first-order valence-corrected chi connectivity index (χ1v) is 11.5. The molecule has 0 bridgehead atoms. The minimum absolute atomic E-state index is 0.235. The number of hydrogen-bond donors (Lipinski definition) is 0. The molecule has 0 N–H and O–H groups in total. The quantitative estimate of drug-likeness (QED) is 0.370. The third-order valence-electron chi connectivity index (χ3n) is 5.59. The predicted octanol–water partition coefficient (Wildman–Crippen LogP) is 5.23. The van der Waals surface area contributed by atoms with Gasteiger partial charge in [0.1, 0.15) is 12.2 Å². The maximum absolute atomic E-state index is 13.4. The summed E-state index contributed by atoms with van der Waals surface area (Å²) >= 11 is 0. The van der Waals surface area contributed by atoms with Gasteiger partial charge >= 0.3 is 11.9 Å². The molecule has 0 unspecified atom stereocenters. The van der Waals surface area contributed by atoms with E-state index in [9.17, 15) is 22.8 Å². The number of halogens is 3. The van der Waals surface area contributed by atoms with Gasteiger partial charge in [-0.05, 0) is 23.8 Å². The van der Waals surface area contributed by atoms with Crippen LogP contribution in [-0.2, 0) is 19.6 Å². The maximum Gasteiger partial charge on any atom is 0.418 e. The molecule has 1 saturated carbocycles. The van der Waals surface area contributed by atoms with Crippen molar-refractivity contribution in [2.75, 3.05) is 0 Å². The second-order valence-electron chi connectivity index (χ2n) is 7.96. The average molecular weight is 488 g/mol. The van der Waals surface area contributed by atoms with Crippen molar-refractivity contribution in [3.05, 3.63) is 82.1 Å². The van der Waals surface area contributed by atoms with Crippen molar-refractivity contribution in [1.29, 1.82) is 0 Å². The van der Waals surface area contributed by atoms with Crippen molar-refractivity contribution < 1.29 is 18.0 Å². The van der Waals surface area contributed by atoms with Crippen LogP contribution < -0.4 is 5.69 Å². The standard InChI is InChI=1S/C19H14F3N5O2.C4H8.C2H6/c1-25-11-23-24-17(25)7-12-3-2-4-14(5-12)26-9-16-15(19(20,21)22)6-13(10-28)8-27(16)18(26)29;1-2-4-3-1;1-2/h2-6,8-11H,7H2,1H3;1-4H2;1-2H3. The van der Waals surface area contributed by atoms with E-state index in [-0.39, 0.29) is 17.4 Å². The van der Waals surface area contributed by atoms with Gasteiger partial charge in [0.15, 0.2) is 6.29 Å². The van der Waals surface area contributed by atoms with E-state index in [4.69, 9.17) is 0 Å². The Labute approximate surface area is 200 Å². The van der Waals surface area contributed by atoms with Gasteiger partial charge in [-0.1, -0.05) is 51.7 Å². The molecule has 0 atom stereocenters. The summed E-state index contributed by atoms with van der Waals surface area (Å²) in [6, 6.07) is 7.58. The second kappa shape index (κ2) is 11.2. The molecule has 186 valence electrons. The van der Waals surface area contributed by atoms with E-state index < -0.39 is 17.4 Å². The number of carbonyl (C=O) groups is 1. The van der Waals surface area contributed by atoms with E-state index in [1.165, 1.54) is 25.7 Å². The molecule has 4 aromatic rings. The fourth-order valence-electron chi connectivity index (χ4n) is 3.40. The molecule has 1 aliphatic carbocycles. The van der Waals surface area contributed by atoms with Gasteiger partial charge in [-0.15, -0.1) is 10.2 Å². The van der Waals surface area contributed by atoms with E-state index in [0.717, 1.165) is 33.0 Å². The fraction of sp³-hybridized carbons (Fsp3) is 0.360. The number of imidazole rings is 1. The van der Waals surface area contributed by atoms with Crippen LogP contribution in [0.3, 0.4) is 0 Å². The number of fused-ring (bicyclic) bond motifs is 1. The van der Waals surface area contributed by atoms with Crippen molar-refractivity contribution >= 4 is 11.8 Å². The highest BCUT2D eigenvalue weighted by Gasteiger charge is 2.34. The Morgan fingerprint density at radius 2 is 1.74 bits per heavy atom. The molecule has 5 rings (SSSR count). The molecule has 0 spiro atoms. The number of rotatable bonds is 4. The Bertz CT molecular complexity index is 1340. The van der Waals surface area contributed by atoms with Gasteiger partial charge < -0.3 is 4.57 Å². The number of nitrogens with zero attached hydrogens (tertiary/aromatic N) is 5. The summed E-state index contributed by atoms with van der Waals surface area (Å²) in [5.41, 5.74) is -1.10. The van der Waals surface area contributed by atoms with E-state index in [1.54, 1.807) is 36.1 Å². The fourth-order valence-corrected chi connectivity index (χ4v) is 3.40. The van der Waals surface area contributed by atoms with Gasteiger partial charge in [-0.3, -0.25) is 13.8 Å². The van der Waals surface area contributed by atoms with Crippen molar-refractivity contribution in [3.63, 3.8) is 0 Å². The number of hydrogen-bond acceptors (Lipinski definition) is 4. The van der Waals surface area contributed by atoms with E-state index >= 15 is 0 Å². The zero-order chi connectivity index (χ0) is 25.6. The monoisotopic (exact) mass is 487 g/mol. The molecule has 0 radical (unpaired) electrons. The first kappa shape index (κ1) is 25.9. The molecule has 10 heteroatoms. The first-order valence-electron chi connectivity index (χ1n) is 11.5. The van der Waals surface area contributed by atoms with Crippen LogP contribution in [0.4, 0.5) is 13.2 Å². The van der Waals surface area contributed by atoms with Crippen LogP contribution >= 0.6 is 0 Å². The molecule has 7 nitrogen and oxygen atoms in total. The second-order valence-corrected chi connectivity index (χ2v) is 7.96. The van der Waals surface area contributed by atoms with Gasteiger partial charge in [0, 0.05) is 31.4 Å². The SMILES string of the molecule is C1CCC1.CC.Cn1cnnc1Cc1cccc(-n2cc3c(C(F)(F)F)cc(C=O)cn3c2=O)c1. The molecular formula is C25H28F3N5O2. The van der Waals surface area contributed by atoms with Crippen molar-refractivity contribution in [1.82, 2.24) is 23.7 Å². The lowest BCUT2D eigenvalue weighted by atomic mass is 10.0. The van der Waals surface area contributed by atoms with Gasteiger partial charge in [0.2, 0.25) is 0 Å². The predicted molar refractivity (Wildman–Crippen MR) is 127 cm³/mol. The number of pyridine rings is 1. The maximum atomic E-state index is 13.4. The van der Waals surface area contributed by atoms with Crippen molar-refractivity contribution in [2.45, 2.75) is 52.1 Å². The highest BCUT2D eigenvalue weighted by Crippen LogP contribution is 2.33. The number of aldehydes is 1. The Morgan fingerprint density at radius 1 is 1.06 bits per heavy atom. The molecule has 0 aliphatic heterocycles. The van der Waals surface area contributed by atoms with Gasteiger partial charge in [-0.25, -0.2) is 4.79 Å². The van der Waals surface area contributed by atoms with Crippen molar-refractivity contribution in [3.8, 4) is 5.69 Å². The van der Waals surface area contributed by atoms with Crippen molar-refractivity contribution in [2.24, 2.45) is 7.05 Å².